The van der Waals surface area contributed by atoms with Crippen molar-refractivity contribution in [3.63, 3.8) is 0 Å². The Kier molecular flexibility index (Phi) is 4.98. The Hall–Kier alpha value is -0.300. The zero-order chi connectivity index (χ0) is 22.4. The quantitative estimate of drug-likeness (QED) is 0.443. The summed E-state index contributed by atoms with van der Waals surface area (Å²) in [4.78, 5) is 0. The van der Waals surface area contributed by atoms with Gasteiger partial charge in [-0.15, -0.1) is 0 Å². The third-order valence-electron chi connectivity index (χ3n) is 13.0. The van der Waals surface area contributed by atoms with E-state index in [1.165, 1.54) is 64.2 Å². The number of fused-ring (bicyclic) bond motifs is 7. The summed E-state index contributed by atoms with van der Waals surface area (Å²) in [5, 5.41) is 10.9. The predicted octanol–water partition coefficient (Wildman–Crippen LogP) is 8.03. The first-order chi connectivity index (χ1) is 14.5. The smallest absolute Gasteiger partial charge is 0.0527 e. The number of hydrogen-bond donors (Lipinski definition) is 1. The van der Waals surface area contributed by atoms with Gasteiger partial charge < -0.3 is 5.11 Å². The van der Waals surface area contributed by atoms with Gasteiger partial charge in [0.15, 0.2) is 0 Å². The normalized spacial score (nSPS) is 53.3. The van der Waals surface area contributed by atoms with Crippen molar-refractivity contribution in [1.29, 1.82) is 0 Å². The molecule has 0 bridgehead atoms. The molecule has 0 aliphatic heterocycles. The summed E-state index contributed by atoms with van der Waals surface area (Å²) in [6.45, 7) is 18.4. The second-order valence-electron chi connectivity index (χ2n) is 14.5. The van der Waals surface area contributed by atoms with E-state index in [4.69, 9.17) is 0 Å². The lowest BCUT2D eigenvalue weighted by molar-refractivity contribution is -0.161. The molecule has 0 amide bonds. The summed E-state index contributed by atoms with van der Waals surface area (Å²) in [5.41, 5.74) is 3.53. The molecule has 0 spiro atoms. The molecule has 4 saturated carbocycles. The molecule has 176 valence electrons. The van der Waals surface area contributed by atoms with Crippen LogP contribution < -0.4 is 0 Å². The molecule has 1 N–H and O–H groups in total. The fourth-order valence-electron chi connectivity index (χ4n) is 11.3. The zero-order valence-corrected chi connectivity index (χ0v) is 21.7. The highest BCUT2D eigenvalue weighted by molar-refractivity contribution is 5.33. The van der Waals surface area contributed by atoms with Gasteiger partial charge in [0.25, 0.3) is 0 Å². The lowest BCUT2D eigenvalue weighted by atomic mass is 9.35. The molecule has 1 unspecified atom stereocenters. The first-order valence-corrected chi connectivity index (χ1v) is 13.8. The molecule has 0 aromatic carbocycles. The molecule has 5 aliphatic carbocycles. The summed E-state index contributed by atoms with van der Waals surface area (Å²) < 4.78 is 0. The van der Waals surface area contributed by atoms with Crippen LogP contribution in [0.25, 0.3) is 0 Å². The van der Waals surface area contributed by atoms with Crippen LogP contribution in [0.15, 0.2) is 11.6 Å². The van der Waals surface area contributed by atoms with Crippen molar-refractivity contribution in [2.45, 2.75) is 113 Å². The van der Waals surface area contributed by atoms with Crippen molar-refractivity contribution < 1.29 is 5.11 Å². The molecule has 5 rings (SSSR count). The zero-order valence-electron chi connectivity index (χ0n) is 21.7. The van der Waals surface area contributed by atoms with Crippen LogP contribution >= 0.6 is 0 Å². The molecular weight excluding hydrogens is 376 g/mol. The van der Waals surface area contributed by atoms with Crippen LogP contribution in [0.4, 0.5) is 0 Å². The largest absolute Gasteiger partial charge is 0.395 e. The fraction of sp³-hybridized carbons (Fsp3) is 0.933. The van der Waals surface area contributed by atoms with E-state index in [9.17, 15) is 5.11 Å². The summed E-state index contributed by atoms with van der Waals surface area (Å²) in [7, 11) is 0. The molecule has 4 fully saturated rings. The minimum atomic E-state index is 0.0753. The molecular formula is C30H50O. The van der Waals surface area contributed by atoms with Crippen molar-refractivity contribution in [2.24, 2.45) is 56.7 Å². The van der Waals surface area contributed by atoms with Crippen LogP contribution in [0, 0.1) is 56.7 Å². The number of aliphatic hydroxyl groups is 1. The number of rotatable bonds is 2. The predicted molar refractivity (Wildman–Crippen MR) is 131 cm³/mol. The minimum Gasteiger partial charge on any atom is -0.395 e. The third-order valence-corrected chi connectivity index (χ3v) is 13.0. The van der Waals surface area contributed by atoms with E-state index in [1.807, 2.05) is 0 Å². The van der Waals surface area contributed by atoms with E-state index in [0.717, 1.165) is 17.8 Å². The van der Waals surface area contributed by atoms with Crippen molar-refractivity contribution >= 4 is 0 Å². The van der Waals surface area contributed by atoms with E-state index in [2.05, 4.69) is 54.5 Å². The van der Waals surface area contributed by atoms with Crippen LogP contribution in [-0.2, 0) is 0 Å². The Morgan fingerprint density at radius 2 is 1.58 bits per heavy atom. The van der Waals surface area contributed by atoms with Gasteiger partial charge in [0.1, 0.15) is 0 Å². The van der Waals surface area contributed by atoms with E-state index < -0.39 is 0 Å². The van der Waals surface area contributed by atoms with Crippen LogP contribution in [0.3, 0.4) is 0 Å². The monoisotopic (exact) mass is 426 g/mol. The second-order valence-corrected chi connectivity index (χ2v) is 14.5. The molecule has 0 radical (unpaired) electrons. The van der Waals surface area contributed by atoms with Gasteiger partial charge in [-0.1, -0.05) is 66.5 Å². The Labute approximate surface area is 192 Å². The second kappa shape index (κ2) is 6.86. The number of allylic oxidation sites excluding steroid dienone is 1. The molecule has 8 atom stereocenters. The van der Waals surface area contributed by atoms with Gasteiger partial charge in [-0.2, -0.15) is 0 Å². The SMILES string of the molecule is CC(C)[C@H]1CC[C@@H]2[C@]1(C)CC[C@]1(C)[C@@H]3CCC4C(C)(C)CCC[C@]4(CO)C3=CC[C@@]21C. The minimum absolute atomic E-state index is 0.0753. The first kappa shape index (κ1) is 22.5. The van der Waals surface area contributed by atoms with Gasteiger partial charge >= 0.3 is 0 Å². The highest BCUT2D eigenvalue weighted by atomic mass is 16.3. The van der Waals surface area contributed by atoms with Crippen molar-refractivity contribution in [3.05, 3.63) is 11.6 Å². The van der Waals surface area contributed by atoms with Gasteiger partial charge in [-0.3, -0.25) is 0 Å². The lowest BCUT2D eigenvalue weighted by Gasteiger charge is -2.69. The highest BCUT2D eigenvalue weighted by Gasteiger charge is 2.68. The van der Waals surface area contributed by atoms with Crippen molar-refractivity contribution in [1.82, 2.24) is 0 Å². The first-order valence-electron chi connectivity index (χ1n) is 13.8. The lowest BCUT2D eigenvalue weighted by Crippen LogP contribution is -2.62. The van der Waals surface area contributed by atoms with Gasteiger partial charge in [-0.05, 0) is 109 Å². The van der Waals surface area contributed by atoms with E-state index in [-0.39, 0.29) is 5.41 Å². The summed E-state index contributed by atoms with van der Waals surface area (Å²) in [6.07, 6.45) is 16.3. The number of aliphatic hydroxyl groups excluding tert-OH is 1. The highest BCUT2D eigenvalue weighted by Crippen LogP contribution is 2.76. The van der Waals surface area contributed by atoms with Crippen LogP contribution in [0.5, 0.6) is 0 Å². The van der Waals surface area contributed by atoms with Gasteiger partial charge in [-0.25, -0.2) is 0 Å². The van der Waals surface area contributed by atoms with Crippen LogP contribution in [0.2, 0.25) is 0 Å². The van der Waals surface area contributed by atoms with Crippen LogP contribution in [-0.4, -0.2) is 11.7 Å². The molecule has 1 heteroatoms. The molecule has 0 heterocycles. The van der Waals surface area contributed by atoms with E-state index in [0.29, 0.717) is 40.1 Å². The van der Waals surface area contributed by atoms with Crippen molar-refractivity contribution in [2.75, 3.05) is 6.61 Å². The Morgan fingerprint density at radius 1 is 0.871 bits per heavy atom. The Balaban J connectivity index is 1.58. The molecule has 0 aromatic rings. The number of hydrogen-bond acceptors (Lipinski definition) is 1. The van der Waals surface area contributed by atoms with Crippen LogP contribution in [0.1, 0.15) is 113 Å². The third kappa shape index (κ3) is 2.65. The Morgan fingerprint density at radius 3 is 2.26 bits per heavy atom. The Bertz CT molecular complexity index is 762. The molecule has 1 nitrogen and oxygen atoms in total. The standard InChI is InChI=1S/C30H50O/c1-20(2)21-9-12-25-27(21,5)17-18-28(6)22-10-11-24-26(3,4)14-8-15-30(24,19-31)23(22)13-16-29(25,28)7/h13,20-22,24-25,31H,8-12,14-19H2,1-7H3/t21-,22-,24?,25-,27-,28-,29+,30+/m1/s1. The van der Waals surface area contributed by atoms with Crippen molar-refractivity contribution in [3.8, 4) is 0 Å². The van der Waals surface area contributed by atoms with Gasteiger partial charge in [0, 0.05) is 5.41 Å². The average Bonchev–Trinajstić information content (AvgIpc) is 3.07. The topological polar surface area (TPSA) is 20.2 Å². The molecule has 0 aromatic heterocycles. The van der Waals surface area contributed by atoms with Gasteiger partial charge in [0.05, 0.1) is 6.61 Å². The molecule has 0 saturated heterocycles. The maximum Gasteiger partial charge on any atom is 0.0527 e. The van der Waals surface area contributed by atoms with Gasteiger partial charge in [0.2, 0.25) is 0 Å². The van der Waals surface area contributed by atoms with E-state index >= 15 is 0 Å². The average molecular weight is 427 g/mol. The summed E-state index contributed by atoms with van der Waals surface area (Å²) >= 11 is 0. The summed E-state index contributed by atoms with van der Waals surface area (Å²) in [5.74, 6) is 3.96. The molecule has 5 aliphatic rings. The maximum absolute atomic E-state index is 10.9. The van der Waals surface area contributed by atoms with E-state index in [1.54, 1.807) is 5.57 Å². The summed E-state index contributed by atoms with van der Waals surface area (Å²) in [6, 6.07) is 0. The fourth-order valence-corrected chi connectivity index (χ4v) is 11.3. The maximum atomic E-state index is 10.9. The molecule has 31 heavy (non-hydrogen) atoms.